The lowest BCUT2D eigenvalue weighted by molar-refractivity contribution is -0.0280. The summed E-state index contributed by atoms with van der Waals surface area (Å²) in [6.07, 6.45) is 23.2. The van der Waals surface area contributed by atoms with E-state index in [4.69, 9.17) is 5.73 Å². The maximum atomic E-state index is 6.62. The van der Waals surface area contributed by atoms with Gasteiger partial charge in [0.25, 0.3) is 0 Å². The molecule has 2 N–H and O–H groups in total. The van der Waals surface area contributed by atoms with Crippen molar-refractivity contribution in [2.45, 2.75) is 83.1 Å². The van der Waals surface area contributed by atoms with Gasteiger partial charge in [-0.25, -0.2) is 0 Å². The van der Waals surface area contributed by atoms with E-state index in [0.29, 0.717) is 11.5 Å². The van der Waals surface area contributed by atoms with E-state index < -0.39 is 0 Å². The maximum absolute atomic E-state index is 6.62. The van der Waals surface area contributed by atoms with Crippen molar-refractivity contribution in [2.24, 2.45) is 58.5 Å². The van der Waals surface area contributed by atoms with Crippen LogP contribution in [0.1, 0.15) is 77.0 Å². The third-order valence-electron chi connectivity index (χ3n) is 10.4. The largest absolute Gasteiger partial charge is 0.328 e. The fourth-order valence-corrected chi connectivity index (χ4v) is 10.1. The van der Waals surface area contributed by atoms with Crippen molar-refractivity contribution in [3.63, 3.8) is 0 Å². The third kappa shape index (κ3) is 1.90. The van der Waals surface area contributed by atoms with Crippen LogP contribution in [0.15, 0.2) is 12.2 Å². The van der Waals surface area contributed by atoms with Crippen LogP contribution >= 0.6 is 0 Å². The Morgan fingerprint density at radius 2 is 1.36 bits per heavy atom. The van der Waals surface area contributed by atoms with Crippen LogP contribution in [-0.4, -0.2) is 6.04 Å². The van der Waals surface area contributed by atoms with Gasteiger partial charge in [0.2, 0.25) is 0 Å². The molecule has 0 bridgehead atoms. The molecule has 5 saturated carbocycles. The molecule has 0 heterocycles. The molecule has 10 unspecified atom stereocenters. The van der Waals surface area contributed by atoms with E-state index in [0.717, 1.165) is 47.3 Å². The zero-order valence-electron chi connectivity index (χ0n) is 15.9. The summed E-state index contributed by atoms with van der Waals surface area (Å²) in [7, 11) is 0. The van der Waals surface area contributed by atoms with Gasteiger partial charge in [0.1, 0.15) is 0 Å². The zero-order valence-corrected chi connectivity index (χ0v) is 15.9. The van der Waals surface area contributed by atoms with Gasteiger partial charge in [-0.3, -0.25) is 0 Å². The second kappa shape index (κ2) is 5.60. The van der Waals surface area contributed by atoms with Crippen molar-refractivity contribution in [2.75, 3.05) is 0 Å². The monoisotopic (exact) mass is 339 g/mol. The predicted octanol–water partition coefficient (Wildman–Crippen LogP) is 5.55. The first-order valence-electron chi connectivity index (χ1n) is 11.7. The van der Waals surface area contributed by atoms with E-state index in [-0.39, 0.29) is 0 Å². The van der Waals surface area contributed by atoms with Gasteiger partial charge in [-0.15, -0.1) is 0 Å². The van der Waals surface area contributed by atoms with Crippen LogP contribution in [0.3, 0.4) is 0 Å². The van der Waals surface area contributed by atoms with E-state index in [2.05, 4.69) is 12.2 Å². The van der Waals surface area contributed by atoms with Crippen LogP contribution in [0.5, 0.6) is 0 Å². The summed E-state index contributed by atoms with van der Waals surface area (Å²) < 4.78 is 0. The number of hydrogen-bond acceptors (Lipinski definition) is 1. The Labute approximate surface area is 154 Å². The second-order valence-corrected chi connectivity index (χ2v) is 10.8. The molecule has 1 spiro atoms. The molecule has 0 aliphatic heterocycles. The minimum atomic E-state index is 0.508. The third-order valence-corrected chi connectivity index (χ3v) is 10.4. The first-order chi connectivity index (χ1) is 12.3. The van der Waals surface area contributed by atoms with Crippen LogP contribution in [-0.2, 0) is 0 Å². The highest BCUT2D eigenvalue weighted by Crippen LogP contribution is 2.77. The van der Waals surface area contributed by atoms with Crippen LogP contribution < -0.4 is 5.73 Å². The Morgan fingerprint density at radius 1 is 0.680 bits per heavy atom. The van der Waals surface area contributed by atoms with E-state index in [9.17, 15) is 0 Å². The van der Waals surface area contributed by atoms with Crippen LogP contribution in [0, 0.1) is 52.8 Å². The standard InChI is InChI=1S/C24H37N/c25-15-12-13-19-17-7-2-4-10-21(17)24(23(19)14-15)20-9-3-1-6-16(20)18-8-5-11-22(18)24/h5,8,15-23H,1-4,6-7,9-14,25H2. The molecule has 25 heavy (non-hydrogen) atoms. The minimum absolute atomic E-state index is 0.508. The molecular formula is C24H37N. The lowest BCUT2D eigenvalue weighted by atomic mass is 9.53. The van der Waals surface area contributed by atoms with Crippen molar-refractivity contribution in [1.82, 2.24) is 0 Å². The molecule has 5 fully saturated rings. The summed E-state index contributed by atoms with van der Waals surface area (Å²) >= 11 is 0. The first kappa shape index (κ1) is 15.7. The molecule has 10 atom stereocenters. The van der Waals surface area contributed by atoms with E-state index >= 15 is 0 Å². The normalized spacial score (nSPS) is 59.5. The molecule has 1 nitrogen and oxygen atoms in total. The van der Waals surface area contributed by atoms with Gasteiger partial charge in [-0.05, 0) is 104 Å². The molecule has 0 saturated heterocycles. The van der Waals surface area contributed by atoms with Gasteiger partial charge in [-0.2, -0.15) is 0 Å². The highest BCUT2D eigenvalue weighted by atomic mass is 14.8. The van der Waals surface area contributed by atoms with Gasteiger partial charge in [0, 0.05) is 6.04 Å². The molecule has 0 amide bonds. The van der Waals surface area contributed by atoms with Gasteiger partial charge in [0.15, 0.2) is 0 Å². The summed E-state index contributed by atoms with van der Waals surface area (Å²) in [5, 5.41) is 0. The highest BCUT2D eigenvalue weighted by Gasteiger charge is 2.71. The van der Waals surface area contributed by atoms with Gasteiger partial charge >= 0.3 is 0 Å². The van der Waals surface area contributed by atoms with Gasteiger partial charge < -0.3 is 5.73 Å². The number of hydrogen-bond donors (Lipinski definition) is 1. The van der Waals surface area contributed by atoms with Gasteiger partial charge in [0.05, 0.1) is 0 Å². The van der Waals surface area contributed by atoms with Crippen LogP contribution in [0.2, 0.25) is 0 Å². The van der Waals surface area contributed by atoms with Crippen molar-refractivity contribution in [3.05, 3.63) is 12.2 Å². The Kier molecular flexibility index (Phi) is 3.52. The topological polar surface area (TPSA) is 26.0 Å². The molecule has 1 heteroatoms. The predicted molar refractivity (Wildman–Crippen MR) is 103 cm³/mol. The Bertz CT molecular complexity index is 566. The second-order valence-electron chi connectivity index (χ2n) is 10.8. The fourth-order valence-electron chi connectivity index (χ4n) is 10.1. The number of nitrogens with two attached hydrogens (primary N) is 1. The van der Waals surface area contributed by atoms with E-state index in [1.165, 1.54) is 51.4 Å². The van der Waals surface area contributed by atoms with Crippen molar-refractivity contribution in [3.8, 4) is 0 Å². The molecular weight excluding hydrogens is 302 g/mol. The summed E-state index contributed by atoms with van der Waals surface area (Å²) in [6, 6.07) is 0.508. The zero-order chi connectivity index (χ0) is 16.6. The van der Waals surface area contributed by atoms with E-state index in [1.54, 1.807) is 25.7 Å². The fraction of sp³-hybridized carbons (Fsp3) is 0.917. The van der Waals surface area contributed by atoms with Gasteiger partial charge in [-0.1, -0.05) is 37.8 Å². The summed E-state index contributed by atoms with van der Waals surface area (Å²) in [5.41, 5.74) is 7.32. The summed E-state index contributed by atoms with van der Waals surface area (Å²) in [4.78, 5) is 0. The average Bonchev–Trinajstić information content (AvgIpc) is 3.29. The molecule has 6 aliphatic rings. The average molecular weight is 340 g/mol. The van der Waals surface area contributed by atoms with E-state index in [1.807, 2.05) is 0 Å². The molecule has 6 rings (SSSR count). The summed E-state index contributed by atoms with van der Waals surface area (Å²) in [6.45, 7) is 0. The number of rotatable bonds is 0. The Balaban J connectivity index is 1.50. The van der Waals surface area contributed by atoms with Crippen molar-refractivity contribution >= 4 is 0 Å². The highest BCUT2D eigenvalue weighted by molar-refractivity contribution is 5.24. The number of fused-ring (bicyclic) bond motifs is 10. The quantitative estimate of drug-likeness (QED) is 0.575. The maximum Gasteiger partial charge on any atom is 0.00418 e. The summed E-state index contributed by atoms with van der Waals surface area (Å²) in [5.74, 6) is 8.24. The lowest BCUT2D eigenvalue weighted by Crippen LogP contribution is -2.47. The molecule has 0 aromatic carbocycles. The molecule has 0 radical (unpaired) electrons. The SMILES string of the molecule is NC1CCC2C3CCCCC3C3(C4CC=CC4C4CCCCC43)C2C1. The van der Waals surface area contributed by atoms with Crippen LogP contribution in [0.4, 0.5) is 0 Å². The van der Waals surface area contributed by atoms with Crippen molar-refractivity contribution < 1.29 is 0 Å². The number of allylic oxidation sites excluding steroid dienone is 2. The van der Waals surface area contributed by atoms with Crippen LogP contribution in [0.25, 0.3) is 0 Å². The molecule has 6 aliphatic carbocycles. The minimum Gasteiger partial charge on any atom is -0.328 e. The Morgan fingerprint density at radius 3 is 2.20 bits per heavy atom. The molecule has 138 valence electrons. The smallest absolute Gasteiger partial charge is 0.00418 e. The Hall–Kier alpha value is -0.300. The first-order valence-corrected chi connectivity index (χ1v) is 11.7. The lowest BCUT2D eigenvalue weighted by Gasteiger charge is -2.51. The molecule has 0 aromatic rings. The van der Waals surface area contributed by atoms with Crippen molar-refractivity contribution in [1.29, 1.82) is 0 Å². The molecule has 0 aromatic heterocycles.